The van der Waals surface area contributed by atoms with E-state index in [9.17, 15) is 4.79 Å². The van der Waals surface area contributed by atoms with Crippen molar-refractivity contribution in [2.75, 3.05) is 0 Å². The second kappa shape index (κ2) is 4.28. The van der Waals surface area contributed by atoms with Crippen molar-refractivity contribution in [3.8, 4) is 0 Å². The van der Waals surface area contributed by atoms with Crippen LogP contribution >= 0.6 is 0 Å². The van der Waals surface area contributed by atoms with Gasteiger partial charge >= 0.3 is 0 Å². The van der Waals surface area contributed by atoms with Crippen LogP contribution in [0.1, 0.15) is 27.2 Å². The summed E-state index contributed by atoms with van der Waals surface area (Å²) in [5, 5.41) is 2.77. The first kappa shape index (κ1) is 9.43. The molecule has 0 fully saturated rings. The van der Waals surface area contributed by atoms with Crippen LogP contribution in [-0.2, 0) is 4.79 Å². The fourth-order valence-electron chi connectivity index (χ4n) is 0.476. The number of nitrogens with two attached hydrogens (primary N) is 1. The van der Waals surface area contributed by atoms with Crippen molar-refractivity contribution in [1.82, 2.24) is 5.32 Å². The van der Waals surface area contributed by atoms with Crippen molar-refractivity contribution in [2.45, 2.75) is 39.3 Å². The molecule has 0 aliphatic rings. The molecule has 0 unspecified atom stereocenters. The summed E-state index contributed by atoms with van der Waals surface area (Å²) in [6, 6.07) is -0.160. The Balaban J connectivity index is 3.57. The first-order valence-electron chi connectivity index (χ1n) is 3.63. The molecule has 3 heteroatoms. The molecule has 0 heterocycles. The molecular formula is C7H16N2O. The van der Waals surface area contributed by atoms with Crippen molar-refractivity contribution in [3.05, 3.63) is 0 Å². The predicted octanol–water partition coefficient (Wildman–Crippen LogP) is 0.248. The Bertz CT molecular complexity index is 112. The molecule has 2 atom stereocenters. The number of hydrogen-bond donors (Lipinski definition) is 2. The molecule has 3 nitrogen and oxygen atoms in total. The van der Waals surface area contributed by atoms with E-state index in [1.807, 2.05) is 13.8 Å². The second-order valence-corrected chi connectivity index (χ2v) is 2.61. The number of amides is 1. The zero-order chi connectivity index (χ0) is 8.15. The zero-order valence-corrected chi connectivity index (χ0v) is 6.85. The van der Waals surface area contributed by atoms with Gasteiger partial charge in [0.05, 0.1) is 6.04 Å². The molecule has 3 N–H and O–H groups in total. The van der Waals surface area contributed by atoms with E-state index in [1.54, 1.807) is 6.92 Å². The number of carbonyl (C=O) groups excluding carboxylic acids is 1. The third-order valence-electron chi connectivity index (χ3n) is 1.41. The van der Waals surface area contributed by atoms with E-state index in [2.05, 4.69) is 5.32 Å². The molecule has 0 aromatic rings. The SMILES string of the molecule is CC[C@@H](C)NC(=O)[C@H](C)N. The van der Waals surface area contributed by atoms with Gasteiger partial charge in [0.2, 0.25) is 5.91 Å². The average Bonchev–Trinajstić information content (AvgIpc) is 1.87. The van der Waals surface area contributed by atoms with Crippen LogP contribution in [0.15, 0.2) is 0 Å². The smallest absolute Gasteiger partial charge is 0.236 e. The summed E-state index contributed by atoms with van der Waals surface area (Å²) in [5.41, 5.74) is 5.33. The molecular weight excluding hydrogens is 128 g/mol. The van der Waals surface area contributed by atoms with E-state index in [0.29, 0.717) is 0 Å². The quantitative estimate of drug-likeness (QED) is 0.596. The molecule has 0 spiro atoms. The van der Waals surface area contributed by atoms with E-state index < -0.39 is 6.04 Å². The summed E-state index contributed by atoms with van der Waals surface area (Å²) in [7, 11) is 0. The lowest BCUT2D eigenvalue weighted by Crippen LogP contribution is -2.42. The van der Waals surface area contributed by atoms with Crippen molar-refractivity contribution in [1.29, 1.82) is 0 Å². The molecule has 0 saturated carbocycles. The van der Waals surface area contributed by atoms with Crippen molar-refractivity contribution in [3.63, 3.8) is 0 Å². The Kier molecular flexibility index (Phi) is 4.03. The minimum Gasteiger partial charge on any atom is -0.352 e. The molecule has 0 bridgehead atoms. The first-order valence-corrected chi connectivity index (χ1v) is 3.63. The number of hydrogen-bond acceptors (Lipinski definition) is 2. The fourth-order valence-corrected chi connectivity index (χ4v) is 0.476. The van der Waals surface area contributed by atoms with Crippen LogP contribution in [0.2, 0.25) is 0 Å². The van der Waals surface area contributed by atoms with Gasteiger partial charge in [0.25, 0.3) is 0 Å². The Morgan fingerprint density at radius 1 is 1.60 bits per heavy atom. The topological polar surface area (TPSA) is 55.1 Å². The Labute approximate surface area is 62.0 Å². The van der Waals surface area contributed by atoms with E-state index in [1.165, 1.54) is 0 Å². The molecule has 60 valence electrons. The summed E-state index contributed by atoms with van der Waals surface area (Å²) in [5.74, 6) is -0.0747. The summed E-state index contributed by atoms with van der Waals surface area (Å²) in [6.45, 7) is 5.66. The van der Waals surface area contributed by atoms with Crippen molar-refractivity contribution >= 4 is 5.91 Å². The van der Waals surface area contributed by atoms with Crippen LogP contribution < -0.4 is 11.1 Å². The van der Waals surface area contributed by atoms with Crippen molar-refractivity contribution in [2.24, 2.45) is 5.73 Å². The van der Waals surface area contributed by atoms with Crippen LogP contribution in [0, 0.1) is 0 Å². The van der Waals surface area contributed by atoms with Gasteiger partial charge in [-0.1, -0.05) is 6.92 Å². The van der Waals surface area contributed by atoms with Gasteiger partial charge in [-0.05, 0) is 20.3 Å². The first-order chi connectivity index (χ1) is 4.57. The zero-order valence-electron chi connectivity index (χ0n) is 6.85. The maximum Gasteiger partial charge on any atom is 0.236 e. The normalized spacial score (nSPS) is 16.0. The standard InChI is InChI=1S/C7H16N2O/c1-4-5(2)9-7(10)6(3)8/h5-6H,4,8H2,1-3H3,(H,9,10)/t5-,6+/m1/s1. The van der Waals surface area contributed by atoms with Gasteiger partial charge in [-0.25, -0.2) is 0 Å². The van der Waals surface area contributed by atoms with E-state index in [4.69, 9.17) is 5.73 Å². The summed E-state index contributed by atoms with van der Waals surface area (Å²) < 4.78 is 0. The van der Waals surface area contributed by atoms with Gasteiger partial charge in [0.1, 0.15) is 0 Å². The van der Waals surface area contributed by atoms with Crippen molar-refractivity contribution < 1.29 is 4.79 Å². The van der Waals surface area contributed by atoms with E-state index >= 15 is 0 Å². The molecule has 10 heavy (non-hydrogen) atoms. The minimum atomic E-state index is -0.394. The minimum absolute atomic E-state index is 0.0747. The van der Waals surface area contributed by atoms with E-state index in [0.717, 1.165) is 6.42 Å². The van der Waals surface area contributed by atoms with Gasteiger partial charge < -0.3 is 11.1 Å². The van der Waals surface area contributed by atoms with Gasteiger partial charge in [-0.15, -0.1) is 0 Å². The van der Waals surface area contributed by atoms with E-state index in [-0.39, 0.29) is 11.9 Å². The number of carbonyl (C=O) groups is 1. The van der Waals surface area contributed by atoms with Gasteiger partial charge in [-0.3, -0.25) is 4.79 Å². The van der Waals surface area contributed by atoms with Crippen LogP contribution in [0.5, 0.6) is 0 Å². The molecule has 0 aromatic heterocycles. The molecule has 0 aliphatic heterocycles. The lowest BCUT2D eigenvalue weighted by molar-refractivity contribution is -0.122. The Morgan fingerprint density at radius 3 is 2.40 bits per heavy atom. The average molecular weight is 144 g/mol. The lowest BCUT2D eigenvalue weighted by atomic mass is 10.2. The molecule has 0 rings (SSSR count). The highest BCUT2D eigenvalue weighted by Gasteiger charge is 2.08. The molecule has 0 radical (unpaired) electrons. The predicted molar refractivity (Wildman–Crippen MR) is 41.5 cm³/mol. The lowest BCUT2D eigenvalue weighted by Gasteiger charge is -2.12. The molecule has 0 saturated heterocycles. The fraction of sp³-hybridized carbons (Fsp3) is 0.857. The van der Waals surface area contributed by atoms with Crippen LogP contribution in [-0.4, -0.2) is 18.0 Å². The molecule has 1 amide bonds. The summed E-state index contributed by atoms with van der Waals surface area (Å²) in [4.78, 5) is 10.9. The van der Waals surface area contributed by atoms with Gasteiger partial charge in [0, 0.05) is 6.04 Å². The Morgan fingerprint density at radius 2 is 2.10 bits per heavy atom. The van der Waals surface area contributed by atoms with Gasteiger partial charge in [-0.2, -0.15) is 0 Å². The van der Waals surface area contributed by atoms with Crippen LogP contribution in [0.25, 0.3) is 0 Å². The molecule has 0 aliphatic carbocycles. The second-order valence-electron chi connectivity index (χ2n) is 2.61. The highest BCUT2D eigenvalue weighted by molar-refractivity contribution is 5.81. The summed E-state index contributed by atoms with van der Waals surface area (Å²) >= 11 is 0. The largest absolute Gasteiger partial charge is 0.352 e. The Hall–Kier alpha value is -0.570. The highest BCUT2D eigenvalue weighted by atomic mass is 16.2. The third-order valence-corrected chi connectivity index (χ3v) is 1.41. The maximum absolute atomic E-state index is 10.9. The number of nitrogens with one attached hydrogen (secondary N) is 1. The highest BCUT2D eigenvalue weighted by Crippen LogP contribution is 1.87. The third kappa shape index (κ3) is 3.45. The maximum atomic E-state index is 10.9. The van der Waals surface area contributed by atoms with Gasteiger partial charge in [0.15, 0.2) is 0 Å². The number of rotatable bonds is 3. The van der Waals surface area contributed by atoms with Crippen LogP contribution in [0.3, 0.4) is 0 Å². The van der Waals surface area contributed by atoms with Crippen LogP contribution in [0.4, 0.5) is 0 Å². The molecule has 0 aromatic carbocycles. The summed E-state index contributed by atoms with van der Waals surface area (Å²) in [6.07, 6.45) is 0.943. The monoisotopic (exact) mass is 144 g/mol.